The van der Waals surface area contributed by atoms with E-state index in [1.165, 1.54) is 4.57 Å². The van der Waals surface area contributed by atoms with Gasteiger partial charge in [-0.2, -0.15) is 4.57 Å². The molecule has 1 atom stereocenters. The van der Waals surface area contributed by atoms with E-state index in [9.17, 15) is 4.79 Å². The zero-order chi connectivity index (χ0) is 9.84. The molecule has 0 fully saturated rings. The average molecular weight is 182 g/mol. The van der Waals surface area contributed by atoms with Gasteiger partial charge in [0.1, 0.15) is 6.61 Å². The molecule has 13 heavy (non-hydrogen) atoms. The third-order valence-corrected chi connectivity index (χ3v) is 1.79. The van der Waals surface area contributed by atoms with Crippen LogP contribution in [0.3, 0.4) is 0 Å². The molecule has 0 aliphatic heterocycles. The summed E-state index contributed by atoms with van der Waals surface area (Å²) in [6, 6.07) is 2.73. The van der Waals surface area contributed by atoms with Crippen LogP contribution < -0.4 is 4.57 Å². The third kappa shape index (κ3) is 2.26. The van der Waals surface area contributed by atoms with Gasteiger partial charge >= 0.3 is 5.97 Å². The van der Waals surface area contributed by atoms with E-state index in [1.807, 2.05) is 13.0 Å². The van der Waals surface area contributed by atoms with Crippen LogP contribution in [0.5, 0.6) is 0 Å². The van der Waals surface area contributed by atoms with Crippen LogP contribution in [-0.2, 0) is 4.79 Å². The minimum absolute atomic E-state index is 0.399. The molecule has 0 amide bonds. The molecule has 0 radical (unpaired) electrons. The summed E-state index contributed by atoms with van der Waals surface area (Å²) < 4.78 is 1.48. The Hall–Kier alpha value is -1.42. The van der Waals surface area contributed by atoms with E-state index in [2.05, 4.69) is 0 Å². The number of aliphatic hydroxyl groups excluding tert-OH is 1. The van der Waals surface area contributed by atoms with Crippen molar-refractivity contribution in [1.29, 1.82) is 0 Å². The quantitative estimate of drug-likeness (QED) is 0.642. The molecule has 0 bridgehead atoms. The number of aliphatic carboxylic acids is 1. The smallest absolute Gasteiger partial charge is 0.375 e. The van der Waals surface area contributed by atoms with Crippen LogP contribution in [-0.4, -0.2) is 22.8 Å². The number of pyridine rings is 1. The number of carboxylic acids is 1. The first-order valence-electron chi connectivity index (χ1n) is 3.96. The summed E-state index contributed by atoms with van der Waals surface area (Å²) in [4.78, 5) is 10.7. The number of aryl methyl sites for hydroxylation is 1. The fourth-order valence-corrected chi connectivity index (χ4v) is 1.11. The van der Waals surface area contributed by atoms with Gasteiger partial charge in [0.15, 0.2) is 12.4 Å². The Morgan fingerprint density at radius 1 is 1.69 bits per heavy atom. The molecule has 1 rings (SSSR count). The number of hydrogen-bond acceptors (Lipinski definition) is 2. The van der Waals surface area contributed by atoms with Crippen LogP contribution in [0, 0.1) is 6.92 Å². The van der Waals surface area contributed by atoms with Gasteiger partial charge in [-0.25, -0.2) is 4.79 Å². The van der Waals surface area contributed by atoms with Gasteiger partial charge in [0.05, 0.1) is 0 Å². The Morgan fingerprint density at radius 3 is 2.85 bits per heavy atom. The van der Waals surface area contributed by atoms with Crippen LogP contribution in [0.4, 0.5) is 0 Å². The first-order chi connectivity index (χ1) is 6.15. The van der Waals surface area contributed by atoms with Crippen LogP contribution in [0.15, 0.2) is 24.5 Å². The highest BCUT2D eigenvalue weighted by atomic mass is 16.4. The van der Waals surface area contributed by atoms with Crippen molar-refractivity contribution in [3.63, 3.8) is 0 Å². The largest absolute Gasteiger partial charge is 0.476 e. The second-order valence-corrected chi connectivity index (χ2v) is 2.87. The van der Waals surface area contributed by atoms with Gasteiger partial charge in [-0.1, -0.05) is 0 Å². The van der Waals surface area contributed by atoms with E-state index in [1.54, 1.807) is 18.5 Å². The highest BCUT2D eigenvalue weighted by molar-refractivity contribution is 5.69. The number of hydrogen-bond donors (Lipinski definition) is 2. The van der Waals surface area contributed by atoms with Gasteiger partial charge in [0.2, 0.25) is 0 Å². The van der Waals surface area contributed by atoms with Crippen molar-refractivity contribution in [2.24, 2.45) is 0 Å². The standard InChI is InChI=1S/C9H11NO3/c1-7-3-2-4-10(5-7)8(6-11)9(12)13/h2-5,8,11H,6H2,1H3/p+1/t8-/m1/s1. The van der Waals surface area contributed by atoms with Gasteiger partial charge in [0, 0.05) is 11.6 Å². The van der Waals surface area contributed by atoms with Gasteiger partial charge in [-0.3, -0.25) is 0 Å². The summed E-state index contributed by atoms with van der Waals surface area (Å²) in [5, 5.41) is 17.6. The molecule has 4 nitrogen and oxygen atoms in total. The second kappa shape index (κ2) is 4.00. The Kier molecular flexibility index (Phi) is 2.97. The summed E-state index contributed by atoms with van der Waals surface area (Å²) in [7, 11) is 0. The molecule has 4 heteroatoms. The van der Waals surface area contributed by atoms with Gasteiger partial charge in [-0.15, -0.1) is 0 Å². The number of aromatic nitrogens is 1. The van der Waals surface area contributed by atoms with Crippen LogP contribution >= 0.6 is 0 Å². The van der Waals surface area contributed by atoms with Crippen molar-refractivity contribution in [2.45, 2.75) is 13.0 Å². The topological polar surface area (TPSA) is 61.4 Å². The van der Waals surface area contributed by atoms with E-state index in [0.29, 0.717) is 0 Å². The molecule has 0 saturated heterocycles. The number of rotatable bonds is 3. The first kappa shape index (κ1) is 9.67. The van der Waals surface area contributed by atoms with Crippen molar-refractivity contribution in [2.75, 3.05) is 6.61 Å². The highest BCUT2D eigenvalue weighted by Gasteiger charge is 2.25. The lowest BCUT2D eigenvalue weighted by molar-refractivity contribution is -0.712. The zero-order valence-electron chi connectivity index (χ0n) is 7.34. The van der Waals surface area contributed by atoms with E-state index in [4.69, 9.17) is 10.2 Å². The maximum atomic E-state index is 10.7. The molecule has 0 aliphatic rings. The lowest BCUT2D eigenvalue weighted by Crippen LogP contribution is -2.45. The summed E-state index contributed by atoms with van der Waals surface area (Å²) in [5.41, 5.74) is 0.960. The molecule has 1 aromatic heterocycles. The number of carboxylic acid groups (broad SMARTS) is 1. The summed E-state index contributed by atoms with van der Waals surface area (Å²) >= 11 is 0. The maximum Gasteiger partial charge on any atom is 0.375 e. The van der Waals surface area contributed by atoms with Crippen LogP contribution in [0.25, 0.3) is 0 Å². The molecule has 2 N–H and O–H groups in total. The predicted octanol–water partition coefficient (Wildman–Crippen LogP) is -0.0995. The Morgan fingerprint density at radius 2 is 2.38 bits per heavy atom. The Balaban J connectivity index is 2.98. The molecule has 1 aromatic rings. The minimum Gasteiger partial charge on any atom is -0.476 e. The normalized spacial score (nSPS) is 12.5. The maximum absolute atomic E-state index is 10.7. The molecule has 1 heterocycles. The fraction of sp³-hybridized carbons (Fsp3) is 0.333. The number of nitrogens with zero attached hydrogens (tertiary/aromatic N) is 1. The molecule has 0 saturated carbocycles. The first-order valence-corrected chi connectivity index (χ1v) is 3.96. The van der Waals surface area contributed by atoms with Crippen molar-refractivity contribution >= 4 is 5.97 Å². The van der Waals surface area contributed by atoms with Crippen molar-refractivity contribution in [3.05, 3.63) is 30.1 Å². The average Bonchev–Trinajstić information content (AvgIpc) is 2.04. The van der Waals surface area contributed by atoms with Crippen LogP contribution in [0.2, 0.25) is 0 Å². The fourth-order valence-electron chi connectivity index (χ4n) is 1.11. The summed E-state index contributed by atoms with van der Waals surface area (Å²) in [5.74, 6) is -1.03. The number of carbonyl (C=O) groups is 1. The molecule has 0 spiro atoms. The number of aliphatic hydroxyl groups is 1. The highest BCUT2D eigenvalue weighted by Crippen LogP contribution is 1.97. The SMILES string of the molecule is Cc1ccc[n+]([C@H](CO)C(=O)O)c1. The van der Waals surface area contributed by atoms with E-state index < -0.39 is 18.6 Å². The molecule has 70 valence electrons. The third-order valence-electron chi connectivity index (χ3n) is 1.79. The van der Waals surface area contributed by atoms with E-state index >= 15 is 0 Å². The molecular weight excluding hydrogens is 170 g/mol. The lowest BCUT2D eigenvalue weighted by Gasteiger charge is -2.03. The van der Waals surface area contributed by atoms with E-state index in [-0.39, 0.29) is 0 Å². The van der Waals surface area contributed by atoms with Gasteiger partial charge in [0.25, 0.3) is 6.04 Å². The van der Waals surface area contributed by atoms with Crippen molar-refractivity contribution < 1.29 is 19.6 Å². The second-order valence-electron chi connectivity index (χ2n) is 2.87. The summed E-state index contributed by atoms with van der Waals surface area (Å²) in [6.07, 6.45) is 3.32. The minimum atomic E-state index is -1.03. The molecule has 0 aliphatic carbocycles. The monoisotopic (exact) mass is 182 g/mol. The van der Waals surface area contributed by atoms with E-state index in [0.717, 1.165) is 5.56 Å². The Bertz CT molecular complexity index is 311. The van der Waals surface area contributed by atoms with Gasteiger partial charge in [-0.05, 0) is 13.0 Å². The summed E-state index contributed by atoms with van der Waals surface area (Å²) in [6.45, 7) is 1.47. The lowest BCUT2D eigenvalue weighted by atomic mass is 10.2. The Labute approximate surface area is 76.1 Å². The predicted molar refractivity (Wildman–Crippen MR) is 45.1 cm³/mol. The van der Waals surface area contributed by atoms with Crippen LogP contribution in [0.1, 0.15) is 11.6 Å². The van der Waals surface area contributed by atoms with Gasteiger partial charge < -0.3 is 10.2 Å². The molecule has 0 unspecified atom stereocenters. The molecule has 0 aromatic carbocycles. The van der Waals surface area contributed by atoms with Crippen molar-refractivity contribution in [3.8, 4) is 0 Å². The zero-order valence-corrected chi connectivity index (χ0v) is 7.34. The van der Waals surface area contributed by atoms with Crippen molar-refractivity contribution in [1.82, 2.24) is 0 Å². The molecular formula is C9H12NO3+.